The molecule has 0 aromatic rings. The van der Waals surface area contributed by atoms with E-state index in [0.29, 0.717) is 0 Å². The molecule has 0 spiro atoms. The van der Waals surface area contributed by atoms with Crippen molar-refractivity contribution in [3.05, 3.63) is 0 Å². The fourth-order valence-electron chi connectivity index (χ4n) is 0.977. The minimum absolute atomic E-state index is 0.0883. The van der Waals surface area contributed by atoms with Gasteiger partial charge in [-0.2, -0.15) is 0 Å². The maximum atomic E-state index is 3.41. The molecule has 0 amide bonds. The van der Waals surface area contributed by atoms with E-state index in [1.165, 1.54) is 18.9 Å². The van der Waals surface area contributed by atoms with E-state index in [-0.39, 0.29) is 7.92 Å². The van der Waals surface area contributed by atoms with Crippen LogP contribution < -0.4 is 16.0 Å². The Balaban J connectivity index is 3.47. The summed E-state index contributed by atoms with van der Waals surface area (Å²) in [5.41, 5.74) is 0. The van der Waals surface area contributed by atoms with Gasteiger partial charge < -0.3 is 16.0 Å². The lowest BCUT2D eigenvalue weighted by atomic mass is 10.8. The van der Waals surface area contributed by atoms with Crippen LogP contribution in [-0.2, 0) is 0 Å². The summed E-state index contributed by atoms with van der Waals surface area (Å²) < 4.78 is 0. The average molecular weight is 205 g/mol. The molecular weight excluding hydrogens is 181 g/mol. The standard InChI is InChI=1S/C9H24N3P/c1-4-10-7-13(8-11-5-2)9-12-6-3/h10-12H,4-9H2,1-3H3. The van der Waals surface area contributed by atoms with Gasteiger partial charge in [0, 0.05) is 18.9 Å². The monoisotopic (exact) mass is 205 g/mol. The molecule has 0 saturated carbocycles. The van der Waals surface area contributed by atoms with Gasteiger partial charge in [0.1, 0.15) is 0 Å². The van der Waals surface area contributed by atoms with E-state index >= 15 is 0 Å². The SMILES string of the molecule is CCNCP(CNCC)CNCC. The zero-order valence-electron chi connectivity index (χ0n) is 9.19. The Bertz CT molecular complexity index is 81.8. The molecule has 0 bridgehead atoms. The van der Waals surface area contributed by atoms with Gasteiger partial charge in [-0.25, -0.2) is 0 Å². The first-order valence-electron chi connectivity index (χ1n) is 5.19. The van der Waals surface area contributed by atoms with E-state index in [1.54, 1.807) is 0 Å². The van der Waals surface area contributed by atoms with Crippen LogP contribution in [0.1, 0.15) is 20.8 Å². The van der Waals surface area contributed by atoms with Crippen LogP contribution in [-0.4, -0.2) is 38.5 Å². The quantitative estimate of drug-likeness (QED) is 0.494. The molecular formula is C9H24N3P. The lowest BCUT2D eigenvalue weighted by molar-refractivity contribution is 0.781. The number of nitrogens with one attached hydrogen (secondary N) is 3. The summed E-state index contributed by atoms with van der Waals surface area (Å²) in [6, 6.07) is 0. The van der Waals surface area contributed by atoms with Crippen molar-refractivity contribution in [2.75, 3.05) is 38.5 Å². The van der Waals surface area contributed by atoms with Crippen LogP contribution in [0.3, 0.4) is 0 Å². The van der Waals surface area contributed by atoms with Crippen LogP contribution in [0.4, 0.5) is 0 Å². The van der Waals surface area contributed by atoms with E-state index in [9.17, 15) is 0 Å². The van der Waals surface area contributed by atoms with Crippen LogP contribution in [0.2, 0.25) is 0 Å². The third-order valence-electron chi connectivity index (χ3n) is 1.76. The number of rotatable bonds is 9. The minimum Gasteiger partial charge on any atom is -0.313 e. The second-order valence-electron chi connectivity index (χ2n) is 2.96. The Morgan fingerprint density at radius 3 is 1.23 bits per heavy atom. The molecule has 0 heterocycles. The van der Waals surface area contributed by atoms with Crippen molar-refractivity contribution in [1.82, 2.24) is 16.0 Å². The second-order valence-corrected chi connectivity index (χ2v) is 5.25. The Hall–Kier alpha value is 0.310. The van der Waals surface area contributed by atoms with Crippen molar-refractivity contribution < 1.29 is 0 Å². The second kappa shape index (κ2) is 10.4. The summed E-state index contributed by atoms with van der Waals surface area (Å²) in [5.74, 6) is 0. The molecule has 3 N–H and O–H groups in total. The molecule has 13 heavy (non-hydrogen) atoms. The molecule has 0 aliphatic rings. The normalized spacial score (nSPS) is 11.1. The first-order valence-corrected chi connectivity index (χ1v) is 7.09. The zero-order valence-corrected chi connectivity index (χ0v) is 10.1. The molecule has 0 aromatic carbocycles. The van der Waals surface area contributed by atoms with Gasteiger partial charge in [0.15, 0.2) is 0 Å². The van der Waals surface area contributed by atoms with Crippen molar-refractivity contribution in [2.45, 2.75) is 20.8 Å². The van der Waals surface area contributed by atoms with Crippen LogP contribution in [0.25, 0.3) is 0 Å². The van der Waals surface area contributed by atoms with Gasteiger partial charge in [0.25, 0.3) is 0 Å². The highest BCUT2D eigenvalue weighted by atomic mass is 31.1. The molecule has 0 aliphatic carbocycles. The van der Waals surface area contributed by atoms with Gasteiger partial charge in [-0.05, 0) is 19.6 Å². The van der Waals surface area contributed by atoms with E-state index < -0.39 is 0 Å². The molecule has 0 unspecified atom stereocenters. The Morgan fingerprint density at radius 2 is 1.00 bits per heavy atom. The first-order chi connectivity index (χ1) is 6.35. The third kappa shape index (κ3) is 8.63. The van der Waals surface area contributed by atoms with Crippen LogP contribution in [0, 0.1) is 0 Å². The van der Waals surface area contributed by atoms with Gasteiger partial charge in [0.05, 0.1) is 0 Å². The Labute approximate surface area is 83.8 Å². The molecule has 0 fully saturated rings. The smallest absolute Gasteiger partial charge is 0.0179 e. The molecule has 0 saturated heterocycles. The molecule has 0 atom stereocenters. The molecule has 0 rings (SSSR count). The highest BCUT2D eigenvalue weighted by Crippen LogP contribution is 2.30. The third-order valence-corrected chi connectivity index (χ3v) is 3.77. The fraction of sp³-hybridized carbons (Fsp3) is 1.00. The maximum Gasteiger partial charge on any atom is 0.0179 e. The zero-order chi connectivity index (χ0) is 9.94. The minimum atomic E-state index is 0.0883. The van der Waals surface area contributed by atoms with Crippen molar-refractivity contribution >= 4 is 7.92 Å². The van der Waals surface area contributed by atoms with Gasteiger partial charge in [-0.15, -0.1) is 0 Å². The summed E-state index contributed by atoms with van der Waals surface area (Å²) >= 11 is 0. The first kappa shape index (κ1) is 13.3. The van der Waals surface area contributed by atoms with Gasteiger partial charge in [0.2, 0.25) is 0 Å². The highest BCUT2D eigenvalue weighted by Gasteiger charge is 2.04. The number of hydrogen-bond acceptors (Lipinski definition) is 3. The predicted octanol–water partition coefficient (Wildman–Crippen LogP) is 1.17. The van der Waals surface area contributed by atoms with Crippen molar-refractivity contribution in [1.29, 1.82) is 0 Å². The molecule has 4 heteroatoms. The van der Waals surface area contributed by atoms with Crippen LogP contribution >= 0.6 is 7.92 Å². The topological polar surface area (TPSA) is 36.1 Å². The van der Waals surface area contributed by atoms with E-state index in [2.05, 4.69) is 36.7 Å². The van der Waals surface area contributed by atoms with E-state index in [1.807, 2.05) is 0 Å². The van der Waals surface area contributed by atoms with E-state index in [4.69, 9.17) is 0 Å². The van der Waals surface area contributed by atoms with Gasteiger partial charge in [-0.1, -0.05) is 28.7 Å². The Morgan fingerprint density at radius 1 is 0.692 bits per heavy atom. The highest BCUT2D eigenvalue weighted by molar-refractivity contribution is 7.57. The summed E-state index contributed by atoms with van der Waals surface area (Å²) in [7, 11) is 0.0883. The van der Waals surface area contributed by atoms with Gasteiger partial charge >= 0.3 is 0 Å². The molecule has 0 radical (unpaired) electrons. The summed E-state index contributed by atoms with van der Waals surface area (Å²) in [4.78, 5) is 0. The largest absolute Gasteiger partial charge is 0.313 e. The van der Waals surface area contributed by atoms with Crippen molar-refractivity contribution in [3.63, 3.8) is 0 Å². The summed E-state index contributed by atoms with van der Waals surface area (Å²) in [6.45, 7) is 9.72. The summed E-state index contributed by atoms with van der Waals surface area (Å²) in [5, 5.41) is 10.2. The molecule has 80 valence electrons. The summed E-state index contributed by atoms with van der Waals surface area (Å²) in [6.07, 6.45) is 3.52. The lowest BCUT2D eigenvalue weighted by Crippen LogP contribution is -2.25. The number of hydrogen-bond donors (Lipinski definition) is 3. The lowest BCUT2D eigenvalue weighted by Gasteiger charge is -2.18. The van der Waals surface area contributed by atoms with Crippen molar-refractivity contribution in [2.24, 2.45) is 0 Å². The van der Waals surface area contributed by atoms with Crippen LogP contribution in [0.15, 0.2) is 0 Å². The fourth-order valence-corrected chi connectivity index (χ4v) is 2.93. The molecule has 0 aliphatic heterocycles. The average Bonchev–Trinajstić information content (AvgIpc) is 2.17. The molecule has 3 nitrogen and oxygen atoms in total. The molecule has 0 aromatic heterocycles. The van der Waals surface area contributed by atoms with Gasteiger partial charge in [-0.3, -0.25) is 0 Å². The Kier molecular flexibility index (Phi) is 10.6. The van der Waals surface area contributed by atoms with Crippen LogP contribution in [0.5, 0.6) is 0 Å². The van der Waals surface area contributed by atoms with Crippen molar-refractivity contribution in [3.8, 4) is 0 Å². The predicted molar refractivity (Wildman–Crippen MR) is 62.6 cm³/mol. The maximum absolute atomic E-state index is 3.41. The van der Waals surface area contributed by atoms with E-state index in [0.717, 1.165) is 19.6 Å².